The van der Waals surface area contributed by atoms with Gasteiger partial charge in [-0.2, -0.15) is 0 Å². The van der Waals surface area contributed by atoms with E-state index >= 15 is 0 Å². The van der Waals surface area contributed by atoms with Gasteiger partial charge >= 0.3 is 0 Å². The summed E-state index contributed by atoms with van der Waals surface area (Å²) in [4.78, 5) is 11.6. The Hall–Kier alpha value is -1.60. The number of anilines is 2. The van der Waals surface area contributed by atoms with E-state index in [9.17, 15) is 13.2 Å². The zero-order valence-electron chi connectivity index (χ0n) is 11.6. The number of hydrogen-bond acceptors (Lipinski definition) is 4. The number of nitrogens with two attached hydrogens (primary N) is 1. The first-order valence-corrected chi connectivity index (χ1v) is 8.10. The molecule has 3 N–H and O–H groups in total. The molecule has 0 radical (unpaired) electrons. The molecule has 2 rings (SSSR count). The molecule has 1 atom stereocenters. The van der Waals surface area contributed by atoms with Crippen molar-refractivity contribution in [3.63, 3.8) is 0 Å². The van der Waals surface area contributed by atoms with Gasteiger partial charge in [-0.15, -0.1) is 0 Å². The van der Waals surface area contributed by atoms with Crippen molar-refractivity contribution < 1.29 is 13.2 Å². The predicted molar refractivity (Wildman–Crippen MR) is 79.2 cm³/mol. The van der Waals surface area contributed by atoms with E-state index in [-0.39, 0.29) is 11.7 Å². The van der Waals surface area contributed by atoms with Crippen LogP contribution in [0.25, 0.3) is 0 Å². The fourth-order valence-corrected chi connectivity index (χ4v) is 3.74. The summed E-state index contributed by atoms with van der Waals surface area (Å²) < 4.78 is 25.4. The molecule has 1 aliphatic rings. The molecule has 1 aliphatic heterocycles. The Morgan fingerprint density at radius 2 is 2.15 bits per heavy atom. The Kier molecular flexibility index (Phi) is 4.01. The molecule has 1 aromatic rings. The molecule has 7 heteroatoms. The largest absolute Gasteiger partial charge is 0.325 e. The maximum atomic E-state index is 12.0. The maximum Gasteiger partial charge on any atom is 0.240 e. The van der Waals surface area contributed by atoms with Gasteiger partial charge < -0.3 is 11.1 Å². The number of benzene rings is 1. The standard InChI is InChI=1S/C13H19N3O3S/c1-9-4-5-11(15-13(17)10(2)14)8-12(9)16-6-3-7-20(16,18)19/h4-5,8,10H,3,6-7,14H2,1-2H3,(H,15,17)/t10-/m0/s1. The summed E-state index contributed by atoms with van der Waals surface area (Å²) in [6.45, 7) is 3.92. The molecule has 1 saturated heterocycles. The first-order valence-electron chi connectivity index (χ1n) is 6.49. The second-order valence-corrected chi connectivity index (χ2v) is 7.03. The number of aryl methyl sites for hydroxylation is 1. The van der Waals surface area contributed by atoms with E-state index in [0.717, 1.165) is 5.56 Å². The second kappa shape index (κ2) is 5.41. The van der Waals surface area contributed by atoms with Crippen LogP contribution < -0.4 is 15.4 Å². The van der Waals surface area contributed by atoms with E-state index in [1.807, 2.05) is 6.92 Å². The summed E-state index contributed by atoms with van der Waals surface area (Å²) in [7, 11) is -3.23. The van der Waals surface area contributed by atoms with Crippen molar-refractivity contribution in [2.75, 3.05) is 21.9 Å². The molecule has 0 bridgehead atoms. The van der Waals surface area contributed by atoms with Crippen LogP contribution in [0.2, 0.25) is 0 Å². The van der Waals surface area contributed by atoms with E-state index in [4.69, 9.17) is 5.73 Å². The number of rotatable bonds is 3. The van der Waals surface area contributed by atoms with Crippen molar-refractivity contribution in [2.24, 2.45) is 5.73 Å². The van der Waals surface area contributed by atoms with Crippen molar-refractivity contribution in [2.45, 2.75) is 26.3 Å². The van der Waals surface area contributed by atoms with Gasteiger partial charge in [0.2, 0.25) is 15.9 Å². The van der Waals surface area contributed by atoms with Crippen LogP contribution in [-0.4, -0.2) is 32.7 Å². The summed E-state index contributed by atoms with van der Waals surface area (Å²) in [5, 5.41) is 2.67. The first kappa shape index (κ1) is 14.8. The van der Waals surface area contributed by atoms with Crippen LogP contribution in [0.5, 0.6) is 0 Å². The zero-order valence-corrected chi connectivity index (χ0v) is 12.4. The number of nitrogens with one attached hydrogen (secondary N) is 1. The lowest BCUT2D eigenvalue weighted by Gasteiger charge is -2.20. The maximum absolute atomic E-state index is 12.0. The molecule has 1 amide bonds. The predicted octanol–water partition coefficient (Wildman–Crippen LogP) is 0.821. The summed E-state index contributed by atoms with van der Waals surface area (Å²) in [6.07, 6.45) is 0.623. The molecular weight excluding hydrogens is 278 g/mol. The Labute approximate surface area is 119 Å². The number of carbonyl (C=O) groups is 1. The monoisotopic (exact) mass is 297 g/mol. The molecule has 1 heterocycles. The van der Waals surface area contributed by atoms with Crippen molar-refractivity contribution in [1.29, 1.82) is 0 Å². The van der Waals surface area contributed by atoms with Gasteiger partial charge in [0.1, 0.15) is 0 Å². The highest BCUT2D eigenvalue weighted by Gasteiger charge is 2.29. The van der Waals surface area contributed by atoms with Crippen LogP contribution in [0, 0.1) is 6.92 Å². The Morgan fingerprint density at radius 3 is 2.70 bits per heavy atom. The molecule has 6 nitrogen and oxygen atoms in total. The van der Waals surface area contributed by atoms with Crippen LogP contribution in [0.3, 0.4) is 0 Å². The lowest BCUT2D eigenvalue weighted by atomic mass is 10.1. The van der Waals surface area contributed by atoms with Gasteiger partial charge in [0.05, 0.1) is 17.5 Å². The number of sulfonamides is 1. The highest BCUT2D eigenvalue weighted by Crippen LogP contribution is 2.29. The van der Waals surface area contributed by atoms with E-state index in [1.165, 1.54) is 4.31 Å². The van der Waals surface area contributed by atoms with Crippen LogP contribution >= 0.6 is 0 Å². The average molecular weight is 297 g/mol. The average Bonchev–Trinajstić information content (AvgIpc) is 2.71. The third kappa shape index (κ3) is 2.94. The second-order valence-electron chi connectivity index (χ2n) is 5.02. The Morgan fingerprint density at radius 1 is 1.45 bits per heavy atom. The summed E-state index contributed by atoms with van der Waals surface area (Å²) >= 11 is 0. The number of hydrogen-bond donors (Lipinski definition) is 2. The van der Waals surface area contributed by atoms with Crippen LogP contribution in [0.4, 0.5) is 11.4 Å². The van der Waals surface area contributed by atoms with Gasteiger partial charge in [-0.05, 0) is 38.0 Å². The van der Waals surface area contributed by atoms with Gasteiger partial charge in [0.25, 0.3) is 0 Å². The van der Waals surface area contributed by atoms with E-state index < -0.39 is 16.1 Å². The fraction of sp³-hybridized carbons (Fsp3) is 0.462. The molecule has 0 saturated carbocycles. The van der Waals surface area contributed by atoms with Gasteiger partial charge in [-0.25, -0.2) is 8.42 Å². The highest BCUT2D eigenvalue weighted by atomic mass is 32.2. The minimum Gasteiger partial charge on any atom is -0.325 e. The molecule has 20 heavy (non-hydrogen) atoms. The minimum atomic E-state index is -3.23. The van der Waals surface area contributed by atoms with Crippen LogP contribution in [0.1, 0.15) is 18.9 Å². The Bertz CT molecular complexity index is 626. The van der Waals surface area contributed by atoms with Crippen LogP contribution in [0.15, 0.2) is 18.2 Å². The van der Waals surface area contributed by atoms with Gasteiger partial charge in [0, 0.05) is 12.2 Å². The van der Waals surface area contributed by atoms with E-state index in [0.29, 0.717) is 24.3 Å². The SMILES string of the molecule is Cc1ccc(NC(=O)[C@H](C)N)cc1N1CCCS1(=O)=O. The summed E-state index contributed by atoms with van der Waals surface area (Å²) in [6, 6.07) is 4.59. The highest BCUT2D eigenvalue weighted by molar-refractivity contribution is 7.93. The summed E-state index contributed by atoms with van der Waals surface area (Å²) in [5.41, 5.74) is 7.52. The number of amides is 1. The molecule has 1 fully saturated rings. The van der Waals surface area contributed by atoms with Gasteiger partial charge in [0.15, 0.2) is 0 Å². The fourth-order valence-electron chi connectivity index (χ4n) is 2.12. The van der Waals surface area contributed by atoms with Crippen molar-refractivity contribution in [1.82, 2.24) is 0 Å². The van der Waals surface area contributed by atoms with Crippen molar-refractivity contribution in [3.05, 3.63) is 23.8 Å². The topological polar surface area (TPSA) is 92.5 Å². The third-order valence-electron chi connectivity index (χ3n) is 3.26. The van der Waals surface area contributed by atoms with Gasteiger partial charge in [-0.1, -0.05) is 6.07 Å². The van der Waals surface area contributed by atoms with E-state index in [2.05, 4.69) is 5.32 Å². The number of nitrogens with zero attached hydrogens (tertiary/aromatic N) is 1. The zero-order chi connectivity index (χ0) is 14.9. The molecule has 0 aromatic heterocycles. The smallest absolute Gasteiger partial charge is 0.240 e. The molecule has 1 aromatic carbocycles. The van der Waals surface area contributed by atoms with Crippen molar-refractivity contribution in [3.8, 4) is 0 Å². The molecule has 0 spiro atoms. The molecule has 0 unspecified atom stereocenters. The minimum absolute atomic E-state index is 0.170. The quantitative estimate of drug-likeness (QED) is 0.864. The molecule has 110 valence electrons. The lowest BCUT2D eigenvalue weighted by Crippen LogP contribution is -2.32. The molecule has 0 aliphatic carbocycles. The number of carbonyl (C=O) groups excluding carboxylic acids is 1. The first-order chi connectivity index (χ1) is 9.31. The normalized spacial score (nSPS) is 18.9. The molecular formula is C13H19N3O3S. The third-order valence-corrected chi connectivity index (χ3v) is 5.11. The van der Waals surface area contributed by atoms with E-state index in [1.54, 1.807) is 25.1 Å². The Balaban J connectivity index is 2.32. The summed E-state index contributed by atoms with van der Waals surface area (Å²) in [5.74, 6) is -0.132. The van der Waals surface area contributed by atoms with Crippen LogP contribution in [-0.2, 0) is 14.8 Å². The van der Waals surface area contributed by atoms with Gasteiger partial charge in [-0.3, -0.25) is 9.10 Å². The lowest BCUT2D eigenvalue weighted by molar-refractivity contribution is -0.117. The van der Waals surface area contributed by atoms with Crippen molar-refractivity contribution >= 4 is 27.3 Å².